The number of nitrogens with zero attached hydrogens (tertiary/aromatic N) is 3. The first-order valence-electron chi connectivity index (χ1n) is 7.89. The predicted molar refractivity (Wildman–Crippen MR) is 83.8 cm³/mol. The largest absolute Gasteiger partial charge is 0.316 e. The predicted octanol–water partition coefficient (Wildman–Crippen LogP) is 2.10. The summed E-state index contributed by atoms with van der Waals surface area (Å²) in [6.07, 6.45) is 1.32. The Hall–Kier alpha value is -0.870. The number of rotatable bonds is 6. The Morgan fingerprint density at radius 3 is 2.70 bits per heavy atom. The summed E-state index contributed by atoms with van der Waals surface area (Å²) in [5.74, 6) is 1.55. The Morgan fingerprint density at radius 2 is 2.10 bits per heavy atom. The van der Waals surface area contributed by atoms with Crippen molar-refractivity contribution < 1.29 is 0 Å². The quantitative estimate of drug-likeness (QED) is 0.865. The molecule has 1 aliphatic rings. The summed E-state index contributed by atoms with van der Waals surface area (Å²) in [4.78, 5) is 2.58. The average Bonchev–Trinajstić information content (AvgIpc) is 2.90. The van der Waals surface area contributed by atoms with Crippen LogP contribution in [-0.2, 0) is 13.6 Å². The maximum atomic E-state index is 4.52. The van der Waals surface area contributed by atoms with Crippen molar-refractivity contribution in [2.45, 2.75) is 40.7 Å². The Labute approximate surface area is 123 Å². The van der Waals surface area contributed by atoms with Gasteiger partial charge in [-0.15, -0.1) is 0 Å². The average molecular weight is 278 g/mol. The van der Waals surface area contributed by atoms with Crippen molar-refractivity contribution in [1.29, 1.82) is 0 Å². The van der Waals surface area contributed by atoms with Crippen molar-refractivity contribution in [2.24, 2.45) is 18.9 Å². The van der Waals surface area contributed by atoms with E-state index in [0.717, 1.165) is 24.9 Å². The normalized spacial score (nSPS) is 20.2. The number of nitrogens with one attached hydrogen (secondary N) is 1. The lowest BCUT2D eigenvalue weighted by Crippen LogP contribution is -2.28. The second kappa shape index (κ2) is 6.72. The topological polar surface area (TPSA) is 33.1 Å². The van der Waals surface area contributed by atoms with Crippen LogP contribution in [0.5, 0.6) is 0 Å². The summed E-state index contributed by atoms with van der Waals surface area (Å²) in [5, 5.41) is 8.11. The third-order valence-electron chi connectivity index (χ3n) is 4.40. The van der Waals surface area contributed by atoms with Gasteiger partial charge in [-0.05, 0) is 51.7 Å². The molecule has 4 heteroatoms. The molecule has 0 radical (unpaired) electrons. The number of likely N-dealkylation sites (tertiary alicyclic amines) is 1. The van der Waals surface area contributed by atoms with Crippen molar-refractivity contribution in [3.05, 3.63) is 17.0 Å². The van der Waals surface area contributed by atoms with Gasteiger partial charge in [0, 0.05) is 31.4 Å². The van der Waals surface area contributed by atoms with Crippen LogP contribution in [0.3, 0.4) is 0 Å². The van der Waals surface area contributed by atoms with Crippen LogP contribution in [0.25, 0.3) is 0 Å². The minimum Gasteiger partial charge on any atom is -0.316 e. The van der Waals surface area contributed by atoms with E-state index in [9.17, 15) is 0 Å². The van der Waals surface area contributed by atoms with Gasteiger partial charge in [-0.1, -0.05) is 13.8 Å². The number of hydrogen-bond acceptors (Lipinski definition) is 3. The van der Waals surface area contributed by atoms with Gasteiger partial charge in [-0.25, -0.2) is 0 Å². The van der Waals surface area contributed by atoms with Gasteiger partial charge in [0.25, 0.3) is 0 Å². The molecule has 1 fully saturated rings. The van der Waals surface area contributed by atoms with E-state index in [4.69, 9.17) is 0 Å². The summed E-state index contributed by atoms with van der Waals surface area (Å²) in [6, 6.07) is 0. The van der Waals surface area contributed by atoms with Crippen LogP contribution < -0.4 is 5.32 Å². The van der Waals surface area contributed by atoms with E-state index in [1.165, 1.54) is 43.0 Å². The Morgan fingerprint density at radius 1 is 1.35 bits per heavy atom. The molecule has 1 saturated heterocycles. The van der Waals surface area contributed by atoms with Gasteiger partial charge >= 0.3 is 0 Å². The Bertz CT molecular complexity index is 436. The fourth-order valence-electron chi connectivity index (χ4n) is 3.07. The smallest absolute Gasteiger partial charge is 0.0641 e. The van der Waals surface area contributed by atoms with E-state index >= 15 is 0 Å². The minimum atomic E-state index is 0.744. The molecular weight excluding hydrogens is 248 g/mol. The van der Waals surface area contributed by atoms with Gasteiger partial charge in [-0.3, -0.25) is 9.58 Å². The first kappa shape index (κ1) is 15.5. The van der Waals surface area contributed by atoms with Crippen molar-refractivity contribution in [3.8, 4) is 0 Å². The van der Waals surface area contributed by atoms with E-state index in [0.29, 0.717) is 0 Å². The zero-order valence-electron chi connectivity index (χ0n) is 13.7. The summed E-state index contributed by atoms with van der Waals surface area (Å²) < 4.78 is 2.00. The molecule has 0 bridgehead atoms. The van der Waals surface area contributed by atoms with Crippen LogP contribution in [0.4, 0.5) is 0 Å². The first-order chi connectivity index (χ1) is 9.47. The molecule has 4 nitrogen and oxygen atoms in total. The SMILES string of the molecule is Cc1nn(C)c(C)c1CN1CCC(CNCC(C)C)C1. The van der Waals surface area contributed by atoms with Gasteiger partial charge in [-0.2, -0.15) is 5.10 Å². The highest BCUT2D eigenvalue weighted by molar-refractivity contribution is 5.24. The summed E-state index contributed by atoms with van der Waals surface area (Å²) in [6.45, 7) is 14.6. The second-order valence-corrected chi connectivity index (χ2v) is 6.71. The third-order valence-corrected chi connectivity index (χ3v) is 4.40. The van der Waals surface area contributed by atoms with E-state index in [1.54, 1.807) is 0 Å². The Kier molecular flexibility index (Phi) is 5.22. The molecule has 2 rings (SSSR count). The monoisotopic (exact) mass is 278 g/mol. The highest BCUT2D eigenvalue weighted by atomic mass is 15.3. The highest BCUT2D eigenvalue weighted by Crippen LogP contribution is 2.21. The molecular formula is C16H30N4. The fraction of sp³-hybridized carbons (Fsp3) is 0.812. The number of aromatic nitrogens is 2. The minimum absolute atomic E-state index is 0.744. The van der Waals surface area contributed by atoms with E-state index in [-0.39, 0.29) is 0 Å². The standard InChI is InChI=1S/C16H30N4/c1-12(2)8-17-9-15-6-7-20(10-15)11-16-13(3)18-19(5)14(16)4/h12,15,17H,6-11H2,1-5H3. The van der Waals surface area contributed by atoms with E-state index in [1.807, 2.05) is 11.7 Å². The fourth-order valence-corrected chi connectivity index (χ4v) is 3.07. The van der Waals surface area contributed by atoms with Crippen LogP contribution in [-0.4, -0.2) is 40.9 Å². The van der Waals surface area contributed by atoms with Crippen molar-refractivity contribution in [1.82, 2.24) is 20.0 Å². The molecule has 1 unspecified atom stereocenters. The lowest BCUT2D eigenvalue weighted by molar-refractivity contribution is 0.312. The van der Waals surface area contributed by atoms with Crippen molar-refractivity contribution in [3.63, 3.8) is 0 Å². The van der Waals surface area contributed by atoms with Crippen LogP contribution >= 0.6 is 0 Å². The van der Waals surface area contributed by atoms with Gasteiger partial charge < -0.3 is 5.32 Å². The lowest BCUT2D eigenvalue weighted by atomic mass is 10.1. The van der Waals surface area contributed by atoms with Crippen LogP contribution in [0.2, 0.25) is 0 Å². The molecule has 1 N–H and O–H groups in total. The maximum absolute atomic E-state index is 4.52. The number of aryl methyl sites for hydroxylation is 2. The van der Waals surface area contributed by atoms with Gasteiger partial charge in [0.05, 0.1) is 5.69 Å². The lowest BCUT2D eigenvalue weighted by Gasteiger charge is -2.17. The Balaban J connectivity index is 1.81. The molecule has 1 aliphatic heterocycles. The van der Waals surface area contributed by atoms with Crippen LogP contribution in [0.15, 0.2) is 0 Å². The molecule has 2 heterocycles. The molecule has 1 aromatic heterocycles. The molecule has 20 heavy (non-hydrogen) atoms. The molecule has 114 valence electrons. The third kappa shape index (κ3) is 3.83. The first-order valence-corrected chi connectivity index (χ1v) is 7.89. The molecule has 0 spiro atoms. The van der Waals surface area contributed by atoms with Crippen LogP contribution in [0, 0.1) is 25.7 Å². The highest BCUT2D eigenvalue weighted by Gasteiger charge is 2.23. The van der Waals surface area contributed by atoms with Crippen LogP contribution in [0.1, 0.15) is 37.2 Å². The summed E-state index contributed by atoms with van der Waals surface area (Å²) in [7, 11) is 2.04. The van der Waals surface area contributed by atoms with E-state index < -0.39 is 0 Å². The zero-order chi connectivity index (χ0) is 14.7. The van der Waals surface area contributed by atoms with Gasteiger partial charge in [0.15, 0.2) is 0 Å². The second-order valence-electron chi connectivity index (χ2n) is 6.71. The molecule has 0 aromatic carbocycles. The van der Waals surface area contributed by atoms with Crippen molar-refractivity contribution in [2.75, 3.05) is 26.2 Å². The van der Waals surface area contributed by atoms with E-state index in [2.05, 4.69) is 43.0 Å². The molecule has 0 amide bonds. The van der Waals surface area contributed by atoms with Gasteiger partial charge in [0.2, 0.25) is 0 Å². The summed E-state index contributed by atoms with van der Waals surface area (Å²) in [5.41, 5.74) is 3.92. The zero-order valence-corrected chi connectivity index (χ0v) is 13.7. The number of hydrogen-bond donors (Lipinski definition) is 1. The van der Waals surface area contributed by atoms with Gasteiger partial charge in [0.1, 0.15) is 0 Å². The molecule has 1 atom stereocenters. The maximum Gasteiger partial charge on any atom is 0.0641 e. The summed E-state index contributed by atoms with van der Waals surface area (Å²) >= 11 is 0. The molecule has 0 aliphatic carbocycles. The van der Waals surface area contributed by atoms with Crippen molar-refractivity contribution >= 4 is 0 Å². The molecule has 0 saturated carbocycles. The molecule has 1 aromatic rings.